The molecular weight excluding hydrogens is 220 g/mol. The third-order valence-electron chi connectivity index (χ3n) is 1.75. The molecule has 92 valence electrons. The Balaban J connectivity index is 2.19. The van der Waals surface area contributed by atoms with Crippen molar-refractivity contribution in [1.29, 1.82) is 0 Å². The van der Waals surface area contributed by atoms with E-state index in [1.165, 1.54) is 0 Å². The molecular formula is C9H15F2N3O2. The number of nitrogens with zero attached hydrogens (tertiary/aromatic N) is 2. The maximum absolute atomic E-state index is 11.7. The monoisotopic (exact) mass is 235 g/mol. The molecule has 1 heterocycles. The highest BCUT2D eigenvalue weighted by molar-refractivity contribution is 4.85. The minimum Gasteiger partial charge on any atom is -0.375 e. The zero-order chi connectivity index (χ0) is 11.8. The Bertz CT molecular complexity index is 294. The lowest BCUT2D eigenvalue weighted by molar-refractivity contribution is 0.0182. The molecule has 1 aromatic heterocycles. The number of hydrogen-bond acceptors (Lipinski definition) is 5. The van der Waals surface area contributed by atoms with Crippen LogP contribution in [0.25, 0.3) is 0 Å². The number of rotatable bonds is 8. The molecule has 1 aromatic rings. The van der Waals surface area contributed by atoms with Crippen LogP contribution >= 0.6 is 0 Å². The lowest BCUT2D eigenvalue weighted by atomic mass is 10.4. The first-order valence-electron chi connectivity index (χ1n) is 5.10. The average molecular weight is 235 g/mol. The molecule has 0 saturated heterocycles. The van der Waals surface area contributed by atoms with Crippen molar-refractivity contribution in [2.45, 2.75) is 26.3 Å². The van der Waals surface area contributed by atoms with E-state index in [9.17, 15) is 8.78 Å². The van der Waals surface area contributed by atoms with Gasteiger partial charge in [0.15, 0.2) is 5.82 Å². The first-order valence-corrected chi connectivity index (χ1v) is 5.10. The molecule has 0 bridgehead atoms. The van der Waals surface area contributed by atoms with E-state index >= 15 is 0 Å². The number of aromatic nitrogens is 2. The predicted molar refractivity (Wildman–Crippen MR) is 52.2 cm³/mol. The van der Waals surface area contributed by atoms with Gasteiger partial charge in [0, 0.05) is 6.42 Å². The summed E-state index contributed by atoms with van der Waals surface area (Å²) >= 11 is 0. The lowest BCUT2D eigenvalue weighted by Gasteiger charge is -1.99. The van der Waals surface area contributed by atoms with Crippen molar-refractivity contribution < 1.29 is 18.0 Å². The minimum atomic E-state index is -2.44. The van der Waals surface area contributed by atoms with Crippen LogP contribution in [0, 0.1) is 0 Å². The summed E-state index contributed by atoms with van der Waals surface area (Å²) in [5.74, 6) is 0.966. The van der Waals surface area contributed by atoms with Crippen LogP contribution in [0.5, 0.6) is 0 Å². The van der Waals surface area contributed by atoms with Gasteiger partial charge < -0.3 is 14.6 Å². The van der Waals surface area contributed by atoms with Gasteiger partial charge in [-0.3, -0.25) is 0 Å². The molecule has 0 aliphatic rings. The quantitative estimate of drug-likeness (QED) is 0.681. The van der Waals surface area contributed by atoms with Crippen molar-refractivity contribution >= 4 is 0 Å². The van der Waals surface area contributed by atoms with Crippen molar-refractivity contribution in [1.82, 2.24) is 15.5 Å². The van der Waals surface area contributed by atoms with E-state index in [1.54, 1.807) is 0 Å². The largest absolute Gasteiger partial charge is 0.375 e. The van der Waals surface area contributed by atoms with Gasteiger partial charge in [-0.2, -0.15) is 4.98 Å². The summed E-state index contributed by atoms with van der Waals surface area (Å²) in [6.07, 6.45) is -2.06. The number of nitrogens with one attached hydrogen (secondary N) is 1. The van der Waals surface area contributed by atoms with Gasteiger partial charge in [0.05, 0.1) is 13.2 Å². The van der Waals surface area contributed by atoms with E-state index < -0.39 is 13.0 Å². The van der Waals surface area contributed by atoms with Gasteiger partial charge in [0.25, 0.3) is 6.43 Å². The summed E-state index contributed by atoms with van der Waals surface area (Å²) in [6.45, 7) is 2.92. The topological polar surface area (TPSA) is 60.2 Å². The minimum absolute atomic E-state index is 0.171. The highest BCUT2D eigenvalue weighted by Crippen LogP contribution is 1.99. The van der Waals surface area contributed by atoms with Crippen molar-refractivity contribution in [3.63, 3.8) is 0 Å². The van der Waals surface area contributed by atoms with Gasteiger partial charge in [-0.1, -0.05) is 12.1 Å². The van der Waals surface area contributed by atoms with Crippen molar-refractivity contribution in [2.24, 2.45) is 0 Å². The zero-order valence-electron chi connectivity index (χ0n) is 9.08. The molecule has 0 aliphatic heterocycles. The standard InChI is InChI=1S/C9H15F2N3O2/c1-2-12-5-9-13-8(14-16-9)3-4-15-6-7(10)11/h7,12H,2-6H2,1H3. The molecule has 5 nitrogen and oxygen atoms in total. The number of halogens is 2. The molecule has 0 saturated carbocycles. The molecule has 16 heavy (non-hydrogen) atoms. The van der Waals surface area contributed by atoms with Crippen LogP contribution in [-0.2, 0) is 17.7 Å². The van der Waals surface area contributed by atoms with Crippen LogP contribution in [0.4, 0.5) is 8.78 Å². The average Bonchev–Trinajstić information content (AvgIpc) is 2.69. The van der Waals surface area contributed by atoms with E-state index in [-0.39, 0.29) is 6.61 Å². The van der Waals surface area contributed by atoms with Crippen LogP contribution < -0.4 is 5.32 Å². The second kappa shape index (κ2) is 7.24. The smallest absolute Gasteiger partial charge is 0.261 e. The van der Waals surface area contributed by atoms with Crippen LogP contribution in [-0.4, -0.2) is 36.3 Å². The van der Waals surface area contributed by atoms with E-state index in [4.69, 9.17) is 9.26 Å². The maximum Gasteiger partial charge on any atom is 0.261 e. The van der Waals surface area contributed by atoms with Gasteiger partial charge >= 0.3 is 0 Å². The molecule has 0 amide bonds. The van der Waals surface area contributed by atoms with Crippen LogP contribution in [0.15, 0.2) is 4.52 Å². The zero-order valence-corrected chi connectivity index (χ0v) is 9.08. The maximum atomic E-state index is 11.7. The van der Waals surface area contributed by atoms with Crippen molar-refractivity contribution in [3.05, 3.63) is 11.7 Å². The normalized spacial score (nSPS) is 11.2. The number of alkyl halides is 2. The first-order chi connectivity index (χ1) is 7.72. The van der Waals surface area contributed by atoms with E-state index in [2.05, 4.69) is 15.5 Å². The van der Waals surface area contributed by atoms with Gasteiger partial charge in [-0.25, -0.2) is 8.78 Å². The van der Waals surface area contributed by atoms with Crippen LogP contribution in [0.2, 0.25) is 0 Å². The van der Waals surface area contributed by atoms with Gasteiger partial charge in [0.2, 0.25) is 5.89 Å². The van der Waals surface area contributed by atoms with Gasteiger partial charge in [0.1, 0.15) is 6.61 Å². The van der Waals surface area contributed by atoms with Crippen molar-refractivity contribution in [3.8, 4) is 0 Å². The molecule has 1 N–H and O–H groups in total. The summed E-state index contributed by atoms with van der Waals surface area (Å²) in [6, 6.07) is 0. The lowest BCUT2D eigenvalue weighted by Crippen LogP contribution is -2.12. The SMILES string of the molecule is CCNCc1nc(CCOCC(F)F)no1. The predicted octanol–water partition coefficient (Wildman–Crippen LogP) is 1.00. The Morgan fingerprint density at radius 2 is 2.31 bits per heavy atom. The van der Waals surface area contributed by atoms with E-state index in [0.29, 0.717) is 24.7 Å². The Morgan fingerprint density at radius 1 is 1.50 bits per heavy atom. The highest BCUT2D eigenvalue weighted by Gasteiger charge is 2.06. The summed E-state index contributed by atoms with van der Waals surface area (Å²) in [4.78, 5) is 4.06. The Kier molecular flexibility index (Phi) is 5.87. The third kappa shape index (κ3) is 5.13. The molecule has 0 unspecified atom stereocenters. The molecule has 7 heteroatoms. The molecule has 0 spiro atoms. The van der Waals surface area contributed by atoms with Gasteiger partial charge in [-0.05, 0) is 6.54 Å². The molecule has 0 aromatic carbocycles. The fourth-order valence-corrected chi connectivity index (χ4v) is 1.03. The molecule has 0 aliphatic carbocycles. The van der Waals surface area contributed by atoms with Gasteiger partial charge in [-0.15, -0.1) is 0 Å². The Hall–Kier alpha value is -1.08. The summed E-state index contributed by atoms with van der Waals surface area (Å²) < 4.78 is 33.1. The summed E-state index contributed by atoms with van der Waals surface area (Å²) in [5, 5.41) is 6.73. The first kappa shape index (κ1) is 13.0. The second-order valence-electron chi connectivity index (χ2n) is 3.10. The van der Waals surface area contributed by atoms with Crippen LogP contribution in [0.3, 0.4) is 0 Å². The molecule has 1 rings (SSSR count). The van der Waals surface area contributed by atoms with Crippen molar-refractivity contribution in [2.75, 3.05) is 19.8 Å². The Labute approximate surface area is 92.2 Å². The summed E-state index contributed by atoms with van der Waals surface area (Å²) in [5.41, 5.74) is 0. The number of hydrogen-bond donors (Lipinski definition) is 1. The van der Waals surface area contributed by atoms with E-state index in [1.807, 2.05) is 6.92 Å². The highest BCUT2D eigenvalue weighted by atomic mass is 19.3. The fraction of sp³-hybridized carbons (Fsp3) is 0.778. The number of ether oxygens (including phenoxy) is 1. The molecule has 0 atom stereocenters. The van der Waals surface area contributed by atoms with Crippen LogP contribution in [0.1, 0.15) is 18.6 Å². The second-order valence-corrected chi connectivity index (χ2v) is 3.10. The molecule has 0 radical (unpaired) electrons. The third-order valence-corrected chi connectivity index (χ3v) is 1.75. The fourth-order valence-electron chi connectivity index (χ4n) is 1.03. The summed E-state index contributed by atoms with van der Waals surface area (Å²) in [7, 11) is 0. The molecule has 0 fully saturated rings. The van der Waals surface area contributed by atoms with E-state index in [0.717, 1.165) is 6.54 Å². The Morgan fingerprint density at radius 3 is 3.00 bits per heavy atom.